The van der Waals surface area contributed by atoms with Gasteiger partial charge in [-0.3, -0.25) is 0 Å². The molecule has 4 nitrogen and oxygen atoms in total. The fourth-order valence-corrected chi connectivity index (χ4v) is 2.65. The number of thioether (sulfide) groups is 1. The van der Waals surface area contributed by atoms with Crippen molar-refractivity contribution in [1.82, 2.24) is 5.32 Å². The van der Waals surface area contributed by atoms with Crippen molar-refractivity contribution in [2.75, 3.05) is 12.8 Å². The predicted octanol–water partition coefficient (Wildman–Crippen LogP) is 2.41. The molecule has 0 bridgehead atoms. The van der Waals surface area contributed by atoms with Crippen LogP contribution in [0, 0.1) is 0 Å². The van der Waals surface area contributed by atoms with Crippen LogP contribution in [0.25, 0.3) is 0 Å². The smallest absolute Gasteiger partial charge is 0.140 e. The molecule has 0 heterocycles. The average Bonchev–Trinajstić information content (AvgIpc) is 2.39. The molecular formula is C12H27N3OS. The third-order valence-corrected chi connectivity index (χ3v) is 5.10. The Hall–Kier alpha value is -0.420. The zero-order valence-corrected chi connectivity index (χ0v) is 12.3. The van der Waals surface area contributed by atoms with Crippen LogP contribution in [-0.2, 0) is 0 Å². The van der Waals surface area contributed by atoms with E-state index in [0.717, 1.165) is 25.8 Å². The fourth-order valence-electron chi connectivity index (χ4n) is 1.85. The summed E-state index contributed by atoms with van der Waals surface area (Å²) in [7, 11) is 0. The monoisotopic (exact) mass is 261 g/mol. The topological polar surface area (TPSA) is 70.6 Å². The molecule has 1 atom stereocenters. The summed E-state index contributed by atoms with van der Waals surface area (Å²) in [6.45, 7) is 7.54. The highest BCUT2D eigenvalue weighted by Gasteiger charge is 2.25. The molecule has 0 saturated carbocycles. The van der Waals surface area contributed by atoms with Gasteiger partial charge in [0, 0.05) is 23.8 Å². The van der Waals surface area contributed by atoms with Gasteiger partial charge in [0.05, 0.1) is 0 Å². The van der Waals surface area contributed by atoms with Gasteiger partial charge in [-0.2, -0.15) is 11.8 Å². The molecular weight excluding hydrogens is 234 g/mol. The second-order valence-corrected chi connectivity index (χ2v) is 5.65. The number of nitrogens with two attached hydrogens (primary N) is 1. The van der Waals surface area contributed by atoms with Crippen molar-refractivity contribution in [1.29, 1.82) is 0 Å². The molecule has 0 aromatic rings. The first-order valence-corrected chi connectivity index (χ1v) is 7.54. The van der Waals surface area contributed by atoms with Crippen molar-refractivity contribution < 1.29 is 5.21 Å². The zero-order chi connectivity index (χ0) is 13.3. The van der Waals surface area contributed by atoms with Crippen LogP contribution in [-0.4, -0.2) is 34.6 Å². The maximum absolute atomic E-state index is 8.58. The number of oxime groups is 1. The van der Waals surface area contributed by atoms with Crippen LogP contribution < -0.4 is 11.1 Å². The van der Waals surface area contributed by atoms with Gasteiger partial charge >= 0.3 is 0 Å². The van der Waals surface area contributed by atoms with Crippen molar-refractivity contribution >= 4 is 17.6 Å². The first-order chi connectivity index (χ1) is 8.07. The van der Waals surface area contributed by atoms with Gasteiger partial charge < -0.3 is 16.3 Å². The van der Waals surface area contributed by atoms with E-state index in [9.17, 15) is 0 Å². The van der Waals surface area contributed by atoms with E-state index in [1.165, 1.54) is 0 Å². The van der Waals surface area contributed by atoms with E-state index in [2.05, 4.69) is 37.5 Å². The Balaban J connectivity index is 4.29. The van der Waals surface area contributed by atoms with Gasteiger partial charge in [0.25, 0.3) is 0 Å². The number of amidine groups is 1. The highest BCUT2D eigenvalue weighted by atomic mass is 32.2. The molecule has 0 rings (SSSR count). The Morgan fingerprint density at radius 1 is 1.41 bits per heavy atom. The lowest BCUT2D eigenvalue weighted by Crippen LogP contribution is -2.43. The quantitative estimate of drug-likeness (QED) is 0.258. The number of nitrogens with one attached hydrogen (secondary N) is 1. The molecule has 0 aliphatic rings. The van der Waals surface area contributed by atoms with Crippen LogP contribution in [0.3, 0.4) is 0 Å². The average molecular weight is 261 g/mol. The minimum absolute atomic E-state index is 0.288. The maximum atomic E-state index is 8.58. The second kappa shape index (κ2) is 8.64. The highest BCUT2D eigenvalue weighted by molar-refractivity contribution is 8.00. The number of hydrogen-bond acceptors (Lipinski definition) is 4. The van der Waals surface area contributed by atoms with E-state index < -0.39 is 0 Å². The molecule has 5 heteroatoms. The molecule has 17 heavy (non-hydrogen) atoms. The molecule has 0 saturated heterocycles. The largest absolute Gasteiger partial charge is 0.409 e. The normalized spacial score (nSPS) is 14.9. The van der Waals surface area contributed by atoms with Crippen molar-refractivity contribution in [3.05, 3.63) is 0 Å². The Kier molecular flexibility index (Phi) is 8.43. The molecule has 1 unspecified atom stereocenters. The van der Waals surface area contributed by atoms with Gasteiger partial charge in [0.2, 0.25) is 0 Å². The Bertz CT molecular complexity index is 222. The second-order valence-electron chi connectivity index (χ2n) is 4.38. The Morgan fingerprint density at radius 2 is 2.00 bits per heavy atom. The van der Waals surface area contributed by atoms with E-state index in [4.69, 9.17) is 10.9 Å². The number of nitrogens with zero attached hydrogens (tertiary/aromatic N) is 1. The molecule has 4 N–H and O–H groups in total. The molecule has 0 aromatic carbocycles. The molecule has 102 valence electrons. The summed E-state index contributed by atoms with van der Waals surface area (Å²) in [6, 6.07) is 0.288. The lowest BCUT2D eigenvalue weighted by atomic mass is 10.0. The van der Waals surface area contributed by atoms with Gasteiger partial charge in [-0.1, -0.05) is 25.9 Å². The van der Waals surface area contributed by atoms with Gasteiger partial charge in [0.1, 0.15) is 5.84 Å². The van der Waals surface area contributed by atoms with E-state index >= 15 is 0 Å². The molecule has 0 radical (unpaired) electrons. The third kappa shape index (κ3) is 5.64. The van der Waals surface area contributed by atoms with Gasteiger partial charge in [-0.05, 0) is 25.5 Å². The summed E-state index contributed by atoms with van der Waals surface area (Å²) in [5, 5.41) is 15.1. The minimum atomic E-state index is 0.288. The van der Waals surface area contributed by atoms with E-state index in [-0.39, 0.29) is 6.04 Å². The summed E-state index contributed by atoms with van der Waals surface area (Å²) in [5.41, 5.74) is 5.54. The SMILES string of the molecule is CCC(CC(N)=NO)NCC(CC)(CC)SC. The van der Waals surface area contributed by atoms with Gasteiger partial charge in [-0.25, -0.2) is 0 Å². The van der Waals surface area contributed by atoms with Crippen LogP contribution in [0.1, 0.15) is 46.5 Å². The maximum Gasteiger partial charge on any atom is 0.140 e. The van der Waals surface area contributed by atoms with E-state index in [1.807, 2.05) is 11.8 Å². The van der Waals surface area contributed by atoms with Crippen LogP contribution in [0.15, 0.2) is 5.16 Å². The molecule has 0 spiro atoms. The standard InChI is InChI=1S/C12H27N3OS/c1-5-10(8-11(13)15-16)14-9-12(6-2,7-3)17-4/h10,14,16H,5-9H2,1-4H3,(H2,13,15). The van der Waals surface area contributed by atoms with Crippen LogP contribution in [0.5, 0.6) is 0 Å². The van der Waals surface area contributed by atoms with Crippen LogP contribution in [0.4, 0.5) is 0 Å². The summed E-state index contributed by atoms with van der Waals surface area (Å²) < 4.78 is 0.304. The van der Waals surface area contributed by atoms with E-state index in [1.54, 1.807) is 0 Å². The van der Waals surface area contributed by atoms with Crippen molar-refractivity contribution in [3.63, 3.8) is 0 Å². The minimum Gasteiger partial charge on any atom is -0.409 e. The lowest BCUT2D eigenvalue weighted by molar-refractivity contribution is 0.315. The summed E-state index contributed by atoms with van der Waals surface area (Å²) in [5.74, 6) is 0.298. The summed E-state index contributed by atoms with van der Waals surface area (Å²) >= 11 is 1.92. The number of hydrogen-bond donors (Lipinski definition) is 3. The fraction of sp³-hybridized carbons (Fsp3) is 0.917. The highest BCUT2D eigenvalue weighted by Crippen LogP contribution is 2.29. The van der Waals surface area contributed by atoms with Crippen molar-refractivity contribution in [2.45, 2.75) is 57.2 Å². The molecule has 0 aliphatic carbocycles. The number of rotatable bonds is 9. The molecule has 0 aromatic heterocycles. The van der Waals surface area contributed by atoms with Crippen LogP contribution >= 0.6 is 11.8 Å². The third-order valence-electron chi connectivity index (χ3n) is 3.51. The summed E-state index contributed by atoms with van der Waals surface area (Å²) in [6.07, 6.45) is 6.05. The Morgan fingerprint density at radius 3 is 2.35 bits per heavy atom. The first kappa shape index (κ1) is 16.6. The predicted molar refractivity (Wildman–Crippen MR) is 76.9 cm³/mol. The lowest BCUT2D eigenvalue weighted by Gasteiger charge is -2.32. The zero-order valence-electron chi connectivity index (χ0n) is 11.5. The Labute approximate surface area is 109 Å². The van der Waals surface area contributed by atoms with Gasteiger partial charge in [-0.15, -0.1) is 0 Å². The first-order valence-electron chi connectivity index (χ1n) is 6.32. The van der Waals surface area contributed by atoms with Gasteiger partial charge in [0.15, 0.2) is 0 Å². The molecule has 0 fully saturated rings. The summed E-state index contributed by atoms with van der Waals surface area (Å²) in [4.78, 5) is 0. The van der Waals surface area contributed by atoms with Crippen LogP contribution in [0.2, 0.25) is 0 Å². The van der Waals surface area contributed by atoms with Crippen molar-refractivity contribution in [2.24, 2.45) is 10.9 Å². The van der Waals surface area contributed by atoms with Crippen molar-refractivity contribution in [3.8, 4) is 0 Å². The molecule has 0 aliphatic heterocycles. The molecule has 0 amide bonds. The van der Waals surface area contributed by atoms with E-state index in [0.29, 0.717) is 17.0 Å².